The fourth-order valence-corrected chi connectivity index (χ4v) is 5.56. The molecule has 164 valence electrons. The summed E-state index contributed by atoms with van der Waals surface area (Å²) >= 11 is 0. The molecule has 1 saturated carbocycles. The van der Waals surface area contributed by atoms with E-state index in [4.69, 9.17) is 0 Å². The molecule has 5 rings (SSSR count). The molecule has 1 aliphatic carbocycles. The summed E-state index contributed by atoms with van der Waals surface area (Å²) in [4.78, 5) is 26.2. The zero-order chi connectivity index (χ0) is 21.4. The summed E-state index contributed by atoms with van der Waals surface area (Å²) in [6.07, 6.45) is 9.35. The van der Waals surface area contributed by atoms with Gasteiger partial charge >= 0.3 is 0 Å². The molecule has 1 spiro atoms. The highest BCUT2D eigenvalue weighted by atomic mass is 19.1. The van der Waals surface area contributed by atoms with E-state index in [9.17, 15) is 14.3 Å². The third-order valence-electron chi connectivity index (χ3n) is 7.36. The number of aliphatic hydroxyl groups is 1. The van der Waals surface area contributed by atoms with Gasteiger partial charge < -0.3 is 14.9 Å². The van der Waals surface area contributed by atoms with Crippen molar-refractivity contribution in [2.45, 2.75) is 57.1 Å². The first kappa shape index (κ1) is 20.4. The van der Waals surface area contributed by atoms with Crippen LogP contribution in [0.1, 0.15) is 44.9 Å². The van der Waals surface area contributed by atoms with E-state index >= 15 is 0 Å². The maximum atomic E-state index is 13.5. The lowest BCUT2D eigenvalue weighted by atomic mass is 9.78. The van der Waals surface area contributed by atoms with Gasteiger partial charge in [-0.3, -0.25) is 4.79 Å². The molecule has 1 amide bonds. The van der Waals surface area contributed by atoms with E-state index in [-0.39, 0.29) is 17.6 Å². The molecule has 0 unspecified atom stereocenters. The molecule has 3 fully saturated rings. The molecule has 6 nitrogen and oxygen atoms in total. The Labute approximate surface area is 182 Å². The maximum absolute atomic E-state index is 13.5. The second kappa shape index (κ2) is 8.19. The first-order valence-corrected chi connectivity index (χ1v) is 11.4. The van der Waals surface area contributed by atoms with Crippen molar-refractivity contribution in [3.8, 4) is 11.1 Å². The predicted molar refractivity (Wildman–Crippen MR) is 116 cm³/mol. The van der Waals surface area contributed by atoms with Crippen LogP contribution in [0.4, 0.5) is 10.2 Å². The number of carbonyl (C=O) groups excluding carboxylic acids is 1. The average molecular weight is 425 g/mol. The van der Waals surface area contributed by atoms with Crippen molar-refractivity contribution in [2.24, 2.45) is 5.41 Å². The minimum atomic E-state index is -0.494. The molecular weight excluding hydrogens is 395 g/mol. The number of halogens is 1. The van der Waals surface area contributed by atoms with Crippen molar-refractivity contribution in [3.05, 3.63) is 42.6 Å². The summed E-state index contributed by atoms with van der Waals surface area (Å²) in [6.45, 7) is 2.44. The van der Waals surface area contributed by atoms with Crippen LogP contribution in [-0.4, -0.2) is 57.7 Å². The number of aromatic nitrogens is 2. The second-order valence-electron chi connectivity index (χ2n) is 9.29. The summed E-state index contributed by atoms with van der Waals surface area (Å²) in [6, 6.07) is 7.30. The SMILES string of the molecule is O=C1N([C@H]2CC[C@H](O)CC2)CC[C@]12CCCN(c1ccc(-c3ccc(F)nc3)cn1)C2. The van der Waals surface area contributed by atoms with Gasteiger partial charge in [-0.15, -0.1) is 0 Å². The normalized spacial score (nSPS) is 29.0. The Bertz CT molecular complexity index is 928. The van der Waals surface area contributed by atoms with Gasteiger partial charge in [0.1, 0.15) is 5.82 Å². The first-order chi connectivity index (χ1) is 15.0. The molecule has 4 heterocycles. The zero-order valence-electron chi connectivity index (χ0n) is 17.7. The van der Waals surface area contributed by atoms with Crippen LogP contribution in [0.15, 0.2) is 36.7 Å². The quantitative estimate of drug-likeness (QED) is 0.765. The molecule has 1 N–H and O–H groups in total. The maximum Gasteiger partial charge on any atom is 0.230 e. The second-order valence-corrected chi connectivity index (χ2v) is 9.29. The van der Waals surface area contributed by atoms with E-state index in [2.05, 4.69) is 19.8 Å². The minimum absolute atomic E-state index is 0.201. The van der Waals surface area contributed by atoms with Crippen LogP contribution in [-0.2, 0) is 4.79 Å². The molecule has 3 aliphatic rings. The number of pyridine rings is 2. The van der Waals surface area contributed by atoms with E-state index in [1.165, 1.54) is 12.3 Å². The largest absolute Gasteiger partial charge is 0.393 e. The van der Waals surface area contributed by atoms with Crippen molar-refractivity contribution < 1.29 is 14.3 Å². The van der Waals surface area contributed by atoms with Crippen molar-refractivity contribution in [2.75, 3.05) is 24.5 Å². The van der Waals surface area contributed by atoms with Crippen molar-refractivity contribution in [3.63, 3.8) is 0 Å². The summed E-state index contributed by atoms with van der Waals surface area (Å²) in [5, 5.41) is 9.81. The van der Waals surface area contributed by atoms with Gasteiger partial charge in [-0.2, -0.15) is 4.39 Å². The van der Waals surface area contributed by atoms with E-state index in [0.717, 1.165) is 75.0 Å². The Kier molecular flexibility index (Phi) is 5.38. The standard InChI is InChI=1S/C24H29FN4O2/c25-21-8-2-17(14-26-21)18-3-9-22(27-15-18)28-12-1-10-24(16-28)11-13-29(23(24)31)19-4-6-20(30)7-5-19/h2-3,8-9,14-15,19-20,30H,1,4-7,10-13,16H2/t19-,20-,24-/m0/s1. The number of aliphatic hydroxyl groups excluding tert-OH is 1. The number of hydrogen-bond acceptors (Lipinski definition) is 5. The molecule has 31 heavy (non-hydrogen) atoms. The number of piperidine rings is 1. The topological polar surface area (TPSA) is 69.6 Å². The Morgan fingerprint density at radius 1 is 0.968 bits per heavy atom. The Morgan fingerprint density at radius 3 is 2.39 bits per heavy atom. The van der Waals surface area contributed by atoms with Crippen LogP contribution in [0.3, 0.4) is 0 Å². The highest BCUT2D eigenvalue weighted by Crippen LogP contribution is 2.43. The number of amides is 1. The Morgan fingerprint density at radius 2 is 1.71 bits per heavy atom. The number of likely N-dealkylation sites (tertiary alicyclic amines) is 1. The van der Waals surface area contributed by atoms with Gasteiger partial charge in [-0.1, -0.05) is 0 Å². The van der Waals surface area contributed by atoms with E-state index in [1.54, 1.807) is 12.3 Å². The molecule has 2 saturated heterocycles. The van der Waals surface area contributed by atoms with E-state index in [0.29, 0.717) is 12.5 Å². The molecule has 0 bridgehead atoms. The van der Waals surface area contributed by atoms with Gasteiger partial charge in [0.05, 0.1) is 11.5 Å². The van der Waals surface area contributed by atoms with Gasteiger partial charge in [-0.25, -0.2) is 9.97 Å². The zero-order valence-corrected chi connectivity index (χ0v) is 17.7. The monoisotopic (exact) mass is 424 g/mol. The van der Waals surface area contributed by atoms with Crippen LogP contribution in [0, 0.1) is 11.4 Å². The van der Waals surface area contributed by atoms with E-state index in [1.807, 2.05) is 12.1 Å². The predicted octanol–water partition coefficient (Wildman–Crippen LogP) is 3.41. The Balaban J connectivity index is 1.29. The van der Waals surface area contributed by atoms with Gasteiger partial charge in [0, 0.05) is 49.2 Å². The van der Waals surface area contributed by atoms with Crippen molar-refractivity contribution in [1.82, 2.24) is 14.9 Å². The lowest BCUT2D eigenvalue weighted by molar-refractivity contribution is -0.139. The number of carbonyl (C=O) groups is 1. The van der Waals surface area contributed by atoms with Crippen LogP contribution < -0.4 is 4.90 Å². The van der Waals surface area contributed by atoms with Crippen LogP contribution >= 0.6 is 0 Å². The third kappa shape index (κ3) is 3.91. The summed E-state index contributed by atoms with van der Waals surface area (Å²) in [7, 11) is 0. The molecular formula is C24H29FN4O2. The number of hydrogen-bond donors (Lipinski definition) is 1. The highest BCUT2D eigenvalue weighted by Gasteiger charge is 2.50. The fourth-order valence-electron chi connectivity index (χ4n) is 5.56. The number of rotatable bonds is 3. The number of nitrogens with zero attached hydrogens (tertiary/aromatic N) is 4. The van der Waals surface area contributed by atoms with Gasteiger partial charge in [0.15, 0.2) is 0 Å². The highest BCUT2D eigenvalue weighted by molar-refractivity contribution is 5.86. The lowest BCUT2D eigenvalue weighted by Gasteiger charge is -2.41. The smallest absolute Gasteiger partial charge is 0.230 e. The van der Waals surface area contributed by atoms with Gasteiger partial charge in [0.25, 0.3) is 0 Å². The lowest BCUT2D eigenvalue weighted by Crippen LogP contribution is -2.50. The fraction of sp³-hybridized carbons (Fsp3) is 0.542. The average Bonchev–Trinajstić information content (AvgIpc) is 3.10. The molecule has 2 aromatic heterocycles. The molecule has 1 atom stereocenters. The van der Waals surface area contributed by atoms with Gasteiger partial charge in [0.2, 0.25) is 11.9 Å². The molecule has 2 aromatic rings. The number of anilines is 1. The molecule has 0 radical (unpaired) electrons. The molecule has 2 aliphatic heterocycles. The Hall–Kier alpha value is -2.54. The van der Waals surface area contributed by atoms with Crippen molar-refractivity contribution in [1.29, 1.82) is 0 Å². The van der Waals surface area contributed by atoms with Crippen LogP contribution in [0.5, 0.6) is 0 Å². The van der Waals surface area contributed by atoms with Gasteiger partial charge in [-0.05, 0) is 69.2 Å². The molecule has 7 heteroatoms. The summed E-state index contributed by atoms with van der Waals surface area (Å²) in [5.41, 5.74) is 1.41. The van der Waals surface area contributed by atoms with Crippen LogP contribution in [0.2, 0.25) is 0 Å². The summed E-state index contributed by atoms with van der Waals surface area (Å²) < 4.78 is 13.1. The molecule has 0 aromatic carbocycles. The first-order valence-electron chi connectivity index (χ1n) is 11.4. The van der Waals surface area contributed by atoms with Crippen LogP contribution in [0.25, 0.3) is 11.1 Å². The third-order valence-corrected chi connectivity index (χ3v) is 7.36. The minimum Gasteiger partial charge on any atom is -0.393 e. The van der Waals surface area contributed by atoms with Crippen molar-refractivity contribution >= 4 is 11.7 Å². The van der Waals surface area contributed by atoms with E-state index < -0.39 is 5.95 Å². The summed E-state index contributed by atoms with van der Waals surface area (Å²) in [5.74, 6) is 0.684.